The molecule has 1 heterocycles. The van der Waals surface area contributed by atoms with Gasteiger partial charge in [0.1, 0.15) is 5.75 Å². The Morgan fingerprint density at radius 1 is 1.10 bits per heavy atom. The first-order valence-electron chi connectivity index (χ1n) is 9.41. The molecule has 29 heavy (non-hydrogen) atoms. The van der Waals surface area contributed by atoms with Crippen LogP contribution in [-0.2, 0) is 24.2 Å². The minimum absolute atomic E-state index is 0.137. The van der Waals surface area contributed by atoms with Crippen molar-refractivity contribution in [1.82, 2.24) is 10.2 Å². The van der Waals surface area contributed by atoms with Crippen LogP contribution >= 0.6 is 27.7 Å². The average molecular weight is 474 g/mol. The summed E-state index contributed by atoms with van der Waals surface area (Å²) in [5.41, 5.74) is 3.53. The van der Waals surface area contributed by atoms with Crippen LogP contribution in [0.5, 0.6) is 5.75 Å². The van der Waals surface area contributed by atoms with E-state index in [-0.39, 0.29) is 18.3 Å². The van der Waals surface area contributed by atoms with Crippen LogP contribution in [0, 0.1) is 0 Å². The Labute approximate surface area is 181 Å². The van der Waals surface area contributed by atoms with Crippen molar-refractivity contribution in [2.24, 2.45) is 0 Å². The number of benzene rings is 2. The number of carbonyl (C=O) groups excluding carboxylic acids is 1. The SMILES string of the molecule is O=C(CSc1nnc(COc2ccc3c(c2)CCCC3)o1)Nc1ccc(Br)cc1. The molecule has 0 saturated heterocycles. The molecule has 0 bridgehead atoms. The summed E-state index contributed by atoms with van der Waals surface area (Å²) < 4.78 is 12.3. The maximum absolute atomic E-state index is 12.0. The van der Waals surface area contributed by atoms with Gasteiger partial charge in [-0.3, -0.25) is 4.79 Å². The number of nitrogens with one attached hydrogen (secondary N) is 1. The first kappa shape index (κ1) is 20.0. The van der Waals surface area contributed by atoms with E-state index in [9.17, 15) is 4.79 Å². The van der Waals surface area contributed by atoms with Gasteiger partial charge in [0.15, 0.2) is 6.61 Å². The molecule has 150 valence electrons. The van der Waals surface area contributed by atoms with Crippen LogP contribution in [0.25, 0.3) is 0 Å². The molecule has 1 aromatic heterocycles. The summed E-state index contributed by atoms with van der Waals surface area (Å²) in [6.45, 7) is 0.206. The Hall–Kier alpha value is -2.32. The largest absolute Gasteiger partial charge is 0.484 e. The second-order valence-corrected chi connectivity index (χ2v) is 8.57. The van der Waals surface area contributed by atoms with Crippen molar-refractivity contribution in [2.45, 2.75) is 37.5 Å². The predicted octanol–water partition coefficient (Wildman–Crippen LogP) is 5.02. The number of thioether (sulfide) groups is 1. The van der Waals surface area contributed by atoms with Crippen LogP contribution < -0.4 is 10.1 Å². The van der Waals surface area contributed by atoms with Crippen molar-refractivity contribution in [3.63, 3.8) is 0 Å². The maximum Gasteiger partial charge on any atom is 0.277 e. The van der Waals surface area contributed by atoms with E-state index < -0.39 is 0 Å². The number of aryl methyl sites for hydroxylation is 2. The summed E-state index contributed by atoms with van der Waals surface area (Å²) in [5.74, 6) is 1.25. The number of anilines is 1. The Morgan fingerprint density at radius 2 is 1.90 bits per heavy atom. The Balaban J connectivity index is 1.25. The number of aromatic nitrogens is 2. The summed E-state index contributed by atoms with van der Waals surface area (Å²) in [5, 5.41) is 11.1. The third-order valence-electron chi connectivity index (χ3n) is 4.59. The summed E-state index contributed by atoms with van der Waals surface area (Å²) in [4.78, 5) is 12.0. The molecule has 1 aliphatic rings. The fraction of sp³-hybridized carbons (Fsp3) is 0.286. The van der Waals surface area contributed by atoms with Crippen molar-refractivity contribution in [3.8, 4) is 5.75 Å². The Bertz CT molecular complexity index is 991. The standard InChI is InChI=1S/C21H20BrN3O3S/c22-16-6-8-17(9-7-16)23-19(26)13-29-21-25-24-20(28-21)12-27-18-10-5-14-3-1-2-4-15(14)11-18/h5-11H,1-4,12-13H2,(H,23,26). The van der Waals surface area contributed by atoms with Crippen molar-refractivity contribution >= 4 is 39.3 Å². The topological polar surface area (TPSA) is 77.2 Å². The molecule has 1 aliphatic carbocycles. The van der Waals surface area contributed by atoms with Gasteiger partial charge in [-0.05, 0) is 73.2 Å². The van der Waals surface area contributed by atoms with Gasteiger partial charge in [-0.2, -0.15) is 0 Å². The highest BCUT2D eigenvalue weighted by atomic mass is 79.9. The van der Waals surface area contributed by atoms with Gasteiger partial charge in [0.25, 0.3) is 11.1 Å². The van der Waals surface area contributed by atoms with Crippen LogP contribution in [-0.4, -0.2) is 21.9 Å². The second-order valence-electron chi connectivity index (χ2n) is 6.73. The first-order chi connectivity index (χ1) is 14.2. The lowest BCUT2D eigenvalue weighted by Gasteiger charge is -2.16. The first-order valence-corrected chi connectivity index (χ1v) is 11.2. The number of hydrogen-bond acceptors (Lipinski definition) is 6. The normalized spacial score (nSPS) is 13.0. The molecule has 0 saturated carbocycles. The Morgan fingerprint density at radius 3 is 2.72 bits per heavy atom. The molecule has 6 nitrogen and oxygen atoms in total. The number of nitrogens with zero attached hydrogens (tertiary/aromatic N) is 2. The number of amides is 1. The van der Waals surface area contributed by atoms with Crippen LogP contribution in [0.2, 0.25) is 0 Å². The van der Waals surface area contributed by atoms with Gasteiger partial charge in [-0.15, -0.1) is 10.2 Å². The molecule has 2 aromatic carbocycles. The summed E-state index contributed by atoms with van der Waals surface area (Å²) in [7, 11) is 0. The number of halogens is 1. The van der Waals surface area contributed by atoms with E-state index in [1.807, 2.05) is 30.3 Å². The van der Waals surface area contributed by atoms with Crippen LogP contribution in [0.4, 0.5) is 5.69 Å². The van der Waals surface area contributed by atoms with Crippen molar-refractivity contribution in [2.75, 3.05) is 11.1 Å². The zero-order valence-corrected chi connectivity index (χ0v) is 18.1. The molecule has 4 rings (SSSR count). The number of fused-ring (bicyclic) bond motifs is 1. The summed E-state index contributed by atoms with van der Waals surface area (Å²) in [6, 6.07) is 13.6. The monoisotopic (exact) mass is 473 g/mol. The van der Waals surface area contributed by atoms with Gasteiger partial charge in [0, 0.05) is 10.2 Å². The smallest absolute Gasteiger partial charge is 0.277 e. The highest BCUT2D eigenvalue weighted by molar-refractivity contribution is 9.10. The zero-order chi connectivity index (χ0) is 20.1. The highest BCUT2D eigenvalue weighted by Crippen LogP contribution is 2.26. The fourth-order valence-corrected chi connectivity index (χ4v) is 4.00. The van der Waals surface area contributed by atoms with Crippen LogP contribution in [0.15, 0.2) is 56.6 Å². The lowest BCUT2D eigenvalue weighted by atomic mass is 9.92. The zero-order valence-electron chi connectivity index (χ0n) is 15.7. The molecule has 8 heteroatoms. The van der Waals surface area contributed by atoms with E-state index in [1.54, 1.807) is 0 Å². The van der Waals surface area contributed by atoms with E-state index in [4.69, 9.17) is 9.15 Å². The van der Waals surface area contributed by atoms with Crippen LogP contribution in [0.3, 0.4) is 0 Å². The van der Waals surface area contributed by atoms with Crippen molar-refractivity contribution in [3.05, 3.63) is 64.0 Å². The quantitative estimate of drug-likeness (QED) is 0.485. The van der Waals surface area contributed by atoms with Gasteiger partial charge in [-0.1, -0.05) is 33.8 Å². The second kappa shape index (κ2) is 9.45. The van der Waals surface area contributed by atoms with Gasteiger partial charge in [-0.25, -0.2) is 0 Å². The Kier molecular flexibility index (Phi) is 6.51. The molecule has 0 radical (unpaired) electrons. The minimum atomic E-state index is -0.137. The van der Waals surface area contributed by atoms with Crippen molar-refractivity contribution < 1.29 is 13.9 Å². The predicted molar refractivity (Wildman–Crippen MR) is 115 cm³/mol. The van der Waals surface area contributed by atoms with E-state index in [1.165, 1.54) is 35.7 Å². The summed E-state index contributed by atoms with van der Waals surface area (Å²) >= 11 is 4.56. The molecular formula is C21H20BrN3O3S. The molecular weight excluding hydrogens is 454 g/mol. The maximum atomic E-state index is 12.0. The molecule has 3 aromatic rings. The third kappa shape index (κ3) is 5.61. The minimum Gasteiger partial charge on any atom is -0.484 e. The molecule has 0 fully saturated rings. The lowest BCUT2D eigenvalue weighted by Crippen LogP contribution is -2.13. The molecule has 1 amide bonds. The van der Waals surface area contributed by atoms with Gasteiger partial charge in [0.2, 0.25) is 5.91 Å². The average Bonchev–Trinajstić information content (AvgIpc) is 3.20. The molecule has 0 unspecified atom stereocenters. The number of rotatable bonds is 7. The summed E-state index contributed by atoms with van der Waals surface area (Å²) in [6.07, 6.45) is 4.75. The van der Waals surface area contributed by atoms with Crippen molar-refractivity contribution in [1.29, 1.82) is 0 Å². The molecule has 0 spiro atoms. The van der Waals surface area contributed by atoms with E-state index in [2.05, 4.69) is 43.6 Å². The fourth-order valence-electron chi connectivity index (χ4n) is 3.16. The van der Waals surface area contributed by atoms with Crippen LogP contribution in [0.1, 0.15) is 29.9 Å². The van der Waals surface area contributed by atoms with Gasteiger partial charge < -0.3 is 14.5 Å². The van der Waals surface area contributed by atoms with E-state index in [0.717, 1.165) is 28.8 Å². The molecule has 0 aliphatic heterocycles. The van der Waals surface area contributed by atoms with Gasteiger partial charge >= 0.3 is 0 Å². The number of hydrogen-bond donors (Lipinski definition) is 1. The van der Waals surface area contributed by atoms with Gasteiger partial charge in [0.05, 0.1) is 5.75 Å². The number of ether oxygens (including phenoxy) is 1. The molecule has 0 atom stereocenters. The lowest BCUT2D eigenvalue weighted by molar-refractivity contribution is -0.113. The highest BCUT2D eigenvalue weighted by Gasteiger charge is 2.12. The van der Waals surface area contributed by atoms with E-state index in [0.29, 0.717) is 11.1 Å². The van der Waals surface area contributed by atoms with E-state index >= 15 is 0 Å². The third-order valence-corrected chi connectivity index (χ3v) is 5.93. The number of carbonyl (C=O) groups is 1. The molecule has 1 N–H and O–H groups in total.